The lowest BCUT2D eigenvalue weighted by Gasteiger charge is -2.40. The molecule has 5 nitrogen and oxygen atoms in total. The van der Waals surface area contributed by atoms with E-state index in [-0.39, 0.29) is 23.8 Å². The van der Waals surface area contributed by atoms with Gasteiger partial charge in [-0.1, -0.05) is 42.1 Å². The molecule has 1 aliphatic heterocycles. The van der Waals surface area contributed by atoms with E-state index in [0.717, 1.165) is 25.8 Å². The number of carbonyl (C=O) groups excluding carboxylic acids is 2. The van der Waals surface area contributed by atoms with Gasteiger partial charge in [-0.25, -0.2) is 0 Å². The van der Waals surface area contributed by atoms with Crippen LogP contribution in [0.2, 0.25) is 10.0 Å². The van der Waals surface area contributed by atoms with E-state index in [1.165, 1.54) is 6.42 Å². The number of anilines is 1. The van der Waals surface area contributed by atoms with E-state index in [1.807, 2.05) is 6.92 Å². The number of hydrogen-bond acceptors (Lipinski definition) is 3. The first kappa shape index (κ1) is 19.5. The van der Waals surface area contributed by atoms with Crippen molar-refractivity contribution < 1.29 is 9.59 Å². The van der Waals surface area contributed by atoms with Crippen LogP contribution in [0.25, 0.3) is 0 Å². The van der Waals surface area contributed by atoms with Crippen LogP contribution in [0, 0.1) is 11.3 Å². The van der Waals surface area contributed by atoms with Gasteiger partial charge in [0.15, 0.2) is 0 Å². The highest BCUT2D eigenvalue weighted by atomic mass is 35.5. The molecule has 0 spiro atoms. The number of benzene rings is 1. The summed E-state index contributed by atoms with van der Waals surface area (Å²) in [5, 5.41) is 6.90. The van der Waals surface area contributed by atoms with Crippen molar-refractivity contribution in [3.05, 3.63) is 28.2 Å². The van der Waals surface area contributed by atoms with E-state index >= 15 is 0 Å². The first-order chi connectivity index (χ1) is 12.5. The van der Waals surface area contributed by atoms with E-state index in [2.05, 4.69) is 10.6 Å². The van der Waals surface area contributed by atoms with Gasteiger partial charge >= 0.3 is 0 Å². The standard InChI is InChI=1S/C19H25Cl2N3O2/c1-2-24(11-16(25)23-17-14(20)7-5-8-15(17)21)18(26)19-9-4-3-6-13(19)10-22-12-19/h5,7-8,13,22H,2-4,6,9-12H2,1H3,(H,23,25)/t13-,19+/m0/s1. The molecule has 0 bridgehead atoms. The van der Waals surface area contributed by atoms with Crippen LogP contribution in [-0.4, -0.2) is 42.9 Å². The Balaban J connectivity index is 1.71. The number of halogens is 2. The fourth-order valence-electron chi connectivity index (χ4n) is 4.28. The number of likely N-dealkylation sites (N-methyl/N-ethyl adjacent to an activating group) is 1. The van der Waals surface area contributed by atoms with Crippen molar-refractivity contribution in [1.29, 1.82) is 0 Å². The van der Waals surface area contributed by atoms with Gasteiger partial charge in [-0.15, -0.1) is 0 Å². The van der Waals surface area contributed by atoms with Gasteiger partial charge in [0.25, 0.3) is 0 Å². The molecule has 2 N–H and O–H groups in total. The Bertz CT molecular complexity index is 677. The Labute approximate surface area is 164 Å². The minimum atomic E-state index is -0.351. The van der Waals surface area contributed by atoms with Gasteiger partial charge in [-0.3, -0.25) is 9.59 Å². The molecule has 1 aliphatic carbocycles. The smallest absolute Gasteiger partial charge is 0.244 e. The average molecular weight is 398 g/mol. The number of para-hydroxylation sites is 1. The van der Waals surface area contributed by atoms with Crippen molar-refractivity contribution in [2.75, 3.05) is 31.5 Å². The van der Waals surface area contributed by atoms with Crippen LogP contribution in [0.5, 0.6) is 0 Å². The molecule has 1 heterocycles. The third-order valence-corrected chi connectivity index (χ3v) is 6.32. The zero-order valence-corrected chi connectivity index (χ0v) is 16.5. The molecule has 142 valence electrons. The Morgan fingerprint density at radius 2 is 2.04 bits per heavy atom. The summed E-state index contributed by atoms with van der Waals surface area (Å²) in [5.41, 5.74) is 0.0388. The third kappa shape index (κ3) is 3.71. The molecule has 1 saturated heterocycles. The van der Waals surface area contributed by atoms with Crippen molar-refractivity contribution in [2.24, 2.45) is 11.3 Å². The predicted molar refractivity (Wildman–Crippen MR) is 105 cm³/mol. The summed E-state index contributed by atoms with van der Waals surface area (Å²) in [6, 6.07) is 5.06. The highest BCUT2D eigenvalue weighted by Crippen LogP contribution is 2.45. The van der Waals surface area contributed by atoms with Crippen molar-refractivity contribution in [2.45, 2.75) is 32.6 Å². The van der Waals surface area contributed by atoms with E-state index < -0.39 is 0 Å². The van der Waals surface area contributed by atoms with Gasteiger partial charge in [0.2, 0.25) is 11.8 Å². The molecule has 3 rings (SSSR count). The molecule has 2 aliphatic rings. The maximum absolute atomic E-state index is 13.3. The molecule has 26 heavy (non-hydrogen) atoms. The summed E-state index contributed by atoms with van der Waals surface area (Å²) < 4.78 is 0. The Morgan fingerprint density at radius 3 is 2.73 bits per heavy atom. The van der Waals surface area contributed by atoms with Gasteiger partial charge in [0.1, 0.15) is 0 Å². The van der Waals surface area contributed by atoms with Gasteiger partial charge in [0, 0.05) is 13.1 Å². The molecule has 1 aromatic carbocycles. The lowest BCUT2D eigenvalue weighted by molar-refractivity contribution is -0.147. The van der Waals surface area contributed by atoms with Crippen molar-refractivity contribution >= 4 is 40.7 Å². The number of amides is 2. The highest BCUT2D eigenvalue weighted by molar-refractivity contribution is 6.39. The van der Waals surface area contributed by atoms with E-state index in [0.29, 0.717) is 34.7 Å². The Kier molecular flexibility index (Phi) is 6.10. The first-order valence-corrected chi connectivity index (χ1v) is 9.97. The molecule has 0 radical (unpaired) electrons. The predicted octanol–water partition coefficient (Wildman–Crippen LogP) is 3.56. The second-order valence-corrected chi connectivity index (χ2v) is 8.01. The topological polar surface area (TPSA) is 61.4 Å². The maximum atomic E-state index is 13.3. The molecule has 0 unspecified atom stereocenters. The van der Waals surface area contributed by atoms with Crippen LogP contribution in [0.4, 0.5) is 5.69 Å². The minimum absolute atomic E-state index is 0.00531. The van der Waals surface area contributed by atoms with Crippen LogP contribution in [0.1, 0.15) is 32.6 Å². The van der Waals surface area contributed by atoms with Crippen molar-refractivity contribution in [3.63, 3.8) is 0 Å². The second-order valence-electron chi connectivity index (χ2n) is 7.19. The monoisotopic (exact) mass is 397 g/mol. The van der Waals surface area contributed by atoms with E-state index in [4.69, 9.17) is 23.2 Å². The number of hydrogen-bond donors (Lipinski definition) is 2. The van der Waals surface area contributed by atoms with Crippen LogP contribution in [0.3, 0.4) is 0 Å². The quantitative estimate of drug-likeness (QED) is 0.798. The normalized spacial score (nSPS) is 24.8. The summed E-state index contributed by atoms with van der Waals surface area (Å²) in [5.74, 6) is 0.180. The van der Waals surface area contributed by atoms with Crippen molar-refractivity contribution in [1.82, 2.24) is 10.2 Å². The summed E-state index contributed by atoms with van der Waals surface area (Å²) in [6.07, 6.45) is 4.23. The number of rotatable bonds is 5. The van der Waals surface area contributed by atoms with Crippen LogP contribution >= 0.6 is 23.2 Å². The fraction of sp³-hybridized carbons (Fsp3) is 0.579. The zero-order valence-electron chi connectivity index (χ0n) is 15.0. The highest BCUT2D eigenvalue weighted by Gasteiger charge is 2.51. The molecule has 0 aromatic heterocycles. The number of nitrogens with zero attached hydrogens (tertiary/aromatic N) is 1. The molecule has 2 amide bonds. The minimum Gasteiger partial charge on any atom is -0.333 e. The average Bonchev–Trinajstić information content (AvgIpc) is 3.07. The van der Waals surface area contributed by atoms with Gasteiger partial charge in [-0.2, -0.15) is 0 Å². The van der Waals surface area contributed by atoms with Crippen LogP contribution < -0.4 is 10.6 Å². The largest absolute Gasteiger partial charge is 0.333 e. The molecule has 2 fully saturated rings. The summed E-state index contributed by atoms with van der Waals surface area (Å²) >= 11 is 12.2. The molecule has 2 atom stereocenters. The van der Waals surface area contributed by atoms with Crippen molar-refractivity contribution in [3.8, 4) is 0 Å². The SMILES string of the molecule is CCN(CC(=O)Nc1c(Cl)cccc1Cl)C(=O)[C@@]12CCCC[C@H]1CNC2. The van der Waals surface area contributed by atoms with Gasteiger partial charge < -0.3 is 15.5 Å². The van der Waals surface area contributed by atoms with E-state index in [9.17, 15) is 9.59 Å². The molecule has 7 heteroatoms. The molecule has 1 saturated carbocycles. The van der Waals surface area contributed by atoms with E-state index in [1.54, 1.807) is 23.1 Å². The zero-order chi connectivity index (χ0) is 18.7. The Morgan fingerprint density at radius 1 is 1.31 bits per heavy atom. The van der Waals surface area contributed by atoms with Crippen LogP contribution in [-0.2, 0) is 9.59 Å². The Hall–Kier alpha value is -1.30. The molecule has 1 aromatic rings. The summed E-state index contributed by atoms with van der Waals surface area (Å²) in [6.45, 7) is 4.02. The summed E-state index contributed by atoms with van der Waals surface area (Å²) in [7, 11) is 0. The van der Waals surface area contributed by atoms with Gasteiger partial charge in [0.05, 0.1) is 27.7 Å². The lowest BCUT2D eigenvalue weighted by Crippen LogP contribution is -2.51. The maximum Gasteiger partial charge on any atom is 0.244 e. The number of nitrogens with one attached hydrogen (secondary N) is 2. The van der Waals surface area contributed by atoms with Crippen LogP contribution in [0.15, 0.2) is 18.2 Å². The molecular formula is C19H25Cl2N3O2. The third-order valence-electron chi connectivity index (χ3n) is 5.69. The first-order valence-electron chi connectivity index (χ1n) is 9.22. The number of carbonyl (C=O) groups is 2. The summed E-state index contributed by atoms with van der Waals surface area (Å²) in [4.78, 5) is 27.5. The molecular weight excluding hydrogens is 373 g/mol. The van der Waals surface area contributed by atoms with Gasteiger partial charge in [-0.05, 0) is 44.4 Å². The second kappa shape index (κ2) is 8.15. The number of fused-ring (bicyclic) bond motifs is 1. The lowest BCUT2D eigenvalue weighted by atomic mass is 9.67. The fourth-order valence-corrected chi connectivity index (χ4v) is 4.77.